The number of nitrogens with zero attached hydrogens (tertiary/aromatic N) is 2. The van der Waals surface area contributed by atoms with Crippen molar-refractivity contribution < 1.29 is 13.9 Å². The topological polar surface area (TPSA) is 65.3 Å². The number of rotatable bonds is 6. The van der Waals surface area contributed by atoms with E-state index in [1.807, 2.05) is 6.07 Å². The first-order valence-corrected chi connectivity index (χ1v) is 9.40. The highest BCUT2D eigenvalue weighted by atomic mass is 19.1. The predicted octanol–water partition coefficient (Wildman–Crippen LogP) is 3.64. The lowest BCUT2D eigenvalue weighted by Crippen LogP contribution is -2.28. The molecule has 2 aromatic carbocycles. The van der Waals surface area contributed by atoms with E-state index < -0.39 is 0 Å². The molecule has 0 bridgehead atoms. The Hall–Kier alpha value is -3.87. The van der Waals surface area contributed by atoms with E-state index in [1.165, 1.54) is 16.7 Å². The number of hydrogen-bond acceptors (Lipinski definition) is 3. The molecule has 152 valence electrons. The Morgan fingerprint density at radius 3 is 2.57 bits per heavy atom. The van der Waals surface area contributed by atoms with E-state index in [4.69, 9.17) is 4.74 Å². The number of nitrogens with one attached hydrogen (secondary N) is 1. The van der Waals surface area contributed by atoms with E-state index in [0.717, 1.165) is 10.9 Å². The molecule has 0 spiro atoms. The number of methoxy groups -OCH3 is 1. The maximum atomic E-state index is 13.5. The van der Waals surface area contributed by atoms with Gasteiger partial charge in [-0.3, -0.25) is 9.59 Å². The monoisotopic (exact) mass is 405 g/mol. The number of hydrogen-bond donors (Lipinski definition) is 1. The minimum absolute atomic E-state index is 0.128. The van der Waals surface area contributed by atoms with E-state index in [9.17, 15) is 14.0 Å². The van der Waals surface area contributed by atoms with Gasteiger partial charge < -0.3 is 19.2 Å². The fraction of sp³-hybridized carbons (Fsp3) is 0.130. The largest absolute Gasteiger partial charge is 0.497 e. The van der Waals surface area contributed by atoms with Gasteiger partial charge >= 0.3 is 0 Å². The zero-order chi connectivity index (χ0) is 21.1. The van der Waals surface area contributed by atoms with Crippen LogP contribution in [0.4, 0.5) is 10.1 Å². The fourth-order valence-corrected chi connectivity index (χ4v) is 3.39. The summed E-state index contributed by atoms with van der Waals surface area (Å²) in [7, 11) is 1.55. The summed E-state index contributed by atoms with van der Waals surface area (Å²) in [4.78, 5) is 25.5. The van der Waals surface area contributed by atoms with Gasteiger partial charge in [-0.15, -0.1) is 0 Å². The Morgan fingerprint density at radius 2 is 1.80 bits per heavy atom. The third-order valence-electron chi connectivity index (χ3n) is 4.80. The molecule has 2 heterocycles. The first-order chi connectivity index (χ1) is 14.5. The highest BCUT2D eigenvalue weighted by Crippen LogP contribution is 2.17. The Balaban J connectivity index is 1.58. The molecule has 4 aromatic rings. The van der Waals surface area contributed by atoms with Gasteiger partial charge in [0, 0.05) is 36.1 Å². The summed E-state index contributed by atoms with van der Waals surface area (Å²) in [5, 5.41) is 3.53. The van der Waals surface area contributed by atoms with E-state index in [1.54, 1.807) is 66.5 Å². The van der Waals surface area contributed by atoms with Crippen LogP contribution in [0.5, 0.6) is 5.75 Å². The van der Waals surface area contributed by atoms with Crippen molar-refractivity contribution in [1.29, 1.82) is 0 Å². The summed E-state index contributed by atoms with van der Waals surface area (Å²) in [5.74, 6) is -0.0231. The number of carbonyl (C=O) groups is 1. The molecular weight excluding hydrogens is 385 g/mol. The maximum Gasteiger partial charge on any atom is 0.275 e. The van der Waals surface area contributed by atoms with Crippen LogP contribution in [-0.2, 0) is 17.9 Å². The molecular formula is C23H20FN3O3. The number of halogens is 1. The molecule has 0 aliphatic carbocycles. The summed E-state index contributed by atoms with van der Waals surface area (Å²) in [6, 6.07) is 16.9. The summed E-state index contributed by atoms with van der Waals surface area (Å²) < 4.78 is 21.8. The molecule has 0 aliphatic rings. The molecule has 2 aromatic heterocycles. The van der Waals surface area contributed by atoms with Gasteiger partial charge in [0.1, 0.15) is 23.6 Å². The molecule has 6 nitrogen and oxygen atoms in total. The van der Waals surface area contributed by atoms with Gasteiger partial charge in [0.2, 0.25) is 5.91 Å². The molecule has 0 fully saturated rings. The van der Waals surface area contributed by atoms with Crippen molar-refractivity contribution in [3.8, 4) is 5.75 Å². The average molecular weight is 405 g/mol. The number of carbonyl (C=O) groups excluding carboxylic acids is 1. The van der Waals surface area contributed by atoms with Gasteiger partial charge in [-0.2, -0.15) is 0 Å². The number of pyridine rings is 1. The Labute approximate surface area is 172 Å². The van der Waals surface area contributed by atoms with Crippen LogP contribution in [0.1, 0.15) is 5.56 Å². The number of ether oxygens (including phenoxy) is 1. The van der Waals surface area contributed by atoms with Crippen LogP contribution in [0, 0.1) is 5.82 Å². The quantitative estimate of drug-likeness (QED) is 0.533. The van der Waals surface area contributed by atoms with E-state index in [-0.39, 0.29) is 23.8 Å². The van der Waals surface area contributed by atoms with Gasteiger partial charge in [0.05, 0.1) is 7.11 Å². The SMILES string of the molecule is COc1cccc(NC(=O)Cn2ccc3ccn(Cc4cccc(F)c4)c3c2=O)c1. The van der Waals surface area contributed by atoms with Crippen molar-refractivity contribution in [3.05, 3.63) is 94.8 Å². The lowest BCUT2D eigenvalue weighted by Gasteiger charge is -2.10. The standard InChI is InChI=1S/C23H20FN3O3/c1-30-20-7-3-6-19(13-20)25-21(28)15-27-11-9-17-8-10-26(22(17)23(27)29)14-16-4-2-5-18(24)12-16/h2-13H,14-15H2,1H3,(H,25,28). The second-order valence-corrected chi connectivity index (χ2v) is 6.91. The van der Waals surface area contributed by atoms with Crippen molar-refractivity contribution in [3.63, 3.8) is 0 Å². The van der Waals surface area contributed by atoms with Crippen LogP contribution in [0.3, 0.4) is 0 Å². The van der Waals surface area contributed by atoms with Gasteiger partial charge in [-0.1, -0.05) is 18.2 Å². The predicted molar refractivity (Wildman–Crippen MR) is 113 cm³/mol. The zero-order valence-corrected chi connectivity index (χ0v) is 16.3. The summed E-state index contributed by atoms with van der Waals surface area (Å²) in [6.07, 6.45) is 3.39. The van der Waals surface area contributed by atoms with Gasteiger partial charge in [-0.25, -0.2) is 4.39 Å². The number of aromatic nitrogens is 2. The number of benzene rings is 2. The smallest absolute Gasteiger partial charge is 0.275 e. The van der Waals surface area contributed by atoms with Gasteiger partial charge in [-0.05, 0) is 42.0 Å². The summed E-state index contributed by atoms with van der Waals surface area (Å²) in [5.41, 5.74) is 1.52. The number of anilines is 1. The van der Waals surface area contributed by atoms with Crippen LogP contribution in [0.15, 0.2) is 77.9 Å². The summed E-state index contributed by atoms with van der Waals surface area (Å²) >= 11 is 0. The van der Waals surface area contributed by atoms with Crippen molar-refractivity contribution in [1.82, 2.24) is 9.13 Å². The minimum atomic E-state index is -0.326. The number of amides is 1. The number of fused-ring (bicyclic) bond motifs is 1. The molecule has 1 amide bonds. The van der Waals surface area contributed by atoms with Crippen molar-refractivity contribution in [2.75, 3.05) is 12.4 Å². The van der Waals surface area contributed by atoms with E-state index in [0.29, 0.717) is 23.5 Å². The Bertz CT molecular complexity index is 1280. The molecule has 0 saturated heterocycles. The van der Waals surface area contributed by atoms with Crippen LogP contribution in [0.2, 0.25) is 0 Å². The third kappa shape index (κ3) is 4.10. The van der Waals surface area contributed by atoms with E-state index >= 15 is 0 Å². The van der Waals surface area contributed by atoms with Crippen LogP contribution in [0.25, 0.3) is 10.9 Å². The molecule has 0 aliphatic heterocycles. The normalized spacial score (nSPS) is 10.9. The van der Waals surface area contributed by atoms with Crippen LogP contribution in [-0.4, -0.2) is 22.2 Å². The first kappa shape index (κ1) is 19.4. The van der Waals surface area contributed by atoms with Gasteiger partial charge in [0.25, 0.3) is 5.56 Å². The van der Waals surface area contributed by atoms with Crippen molar-refractivity contribution in [2.24, 2.45) is 0 Å². The van der Waals surface area contributed by atoms with Crippen molar-refractivity contribution in [2.45, 2.75) is 13.1 Å². The molecule has 30 heavy (non-hydrogen) atoms. The second-order valence-electron chi connectivity index (χ2n) is 6.91. The highest BCUT2D eigenvalue weighted by Gasteiger charge is 2.12. The maximum absolute atomic E-state index is 13.5. The van der Waals surface area contributed by atoms with E-state index in [2.05, 4.69) is 5.32 Å². The first-order valence-electron chi connectivity index (χ1n) is 9.40. The zero-order valence-electron chi connectivity index (χ0n) is 16.3. The molecule has 0 unspecified atom stereocenters. The fourth-order valence-electron chi connectivity index (χ4n) is 3.39. The summed E-state index contributed by atoms with van der Waals surface area (Å²) in [6.45, 7) is 0.230. The second kappa shape index (κ2) is 8.24. The third-order valence-corrected chi connectivity index (χ3v) is 4.80. The van der Waals surface area contributed by atoms with Crippen LogP contribution >= 0.6 is 0 Å². The van der Waals surface area contributed by atoms with Crippen LogP contribution < -0.4 is 15.6 Å². The minimum Gasteiger partial charge on any atom is -0.497 e. The molecule has 4 rings (SSSR count). The molecule has 7 heteroatoms. The highest BCUT2D eigenvalue weighted by molar-refractivity contribution is 5.91. The Morgan fingerprint density at radius 1 is 1.03 bits per heavy atom. The molecule has 0 saturated carbocycles. The molecule has 0 radical (unpaired) electrons. The molecule has 1 N–H and O–H groups in total. The van der Waals surface area contributed by atoms with Gasteiger partial charge in [0.15, 0.2) is 0 Å². The Kier molecular flexibility index (Phi) is 5.34. The average Bonchev–Trinajstić information content (AvgIpc) is 3.13. The lowest BCUT2D eigenvalue weighted by molar-refractivity contribution is -0.116. The lowest BCUT2D eigenvalue weighted by atomic mass is 10.2. The van der Waals surface area contributed by atoms with Crippen molar-refractivity contribution >= 4 is 22.5 Å². The molecule has 0 atom stereocenters.